The fraction of sp³-hybridized carbons (Fsp3) is 0.154. The van der Waals surface area contributed by atoms with Gasteiger partial charge in [-0.3, -0.25) is 9.36 Å². The van der Waals surface area contributed by atoms with Gasteiger partial charge in [0.25, 0.3) is 5.56 Å². The summed E-state index contributed by atoms with van der Waals surface area (Å²) in [6.45, 7) is 2.92. The molecule has 35 heavy (non-hydrogen) atoms. The van der Waals surface area contributed by atoms with E-state index in [0.29, 0.717) is 51.7 Å². The van der Waals surface area contributed by atoms with E-state index < -0.39 is 0 Å². The summed E-state index contributed by atoms with van der Waals surface area (Å²) in [7, 11) is 0. The third-order valence-corrected chi connectivity index (χ3v) is 6.51. The van der Waals surface area contributed by atoms with Crippen molar-refractivity contribution >= 4 is 34.3 Å². The number of thioether (sulfide) groups is 1. The van der Waals surface area contributed by atoms with Crippen LogP contribution in [-0.4, -0.2) is 26.3 Å². The molecule has 5 rings (SSSR count). The smallest absolute Gasteiger partial charge is 0.262 e. The molecule has 0 aliphatic carbocycles. The van der Waals surface area contributed by atoms with Crippen LogP contribution in [0.3, 0.4) is 0 Å². The molecule has 0 saturated heterocycles. The second-order valence-corrected chi connectivity index (χ2v) is 9.07. The number of halogens is 1. The Bertz CT molecular complexity index is 1510. The van der Waals surface area contributed by atoms with Crippen LogP contribution in [0.4, 0.5) is 0 Å². The van der Waals surface area contributed by atoms with Crippen LogP contribution >= 0.6 is 23.4 Å². The van der Waals surface area contributed by atoms with Gasteiger partial charge in [-0.2, -0.15) is 4.98 Å². The van der Waals surface area contributed by atoms with Gasteiger partial charge in [0.05, 0.1) is 29.8 Å². The summed E-state index contributed by atoms with van der Waals surface area (Å²) >= 11 is 7.41. The maximum atomic E-state index is 13.3. The summed E-state index contributed by atoms with van der Waals surface area (Å²) in [5, 5.41) is 5.89. The van der Waals surface area contributed by atoms with Crippen LogP contribution in [0.25, 0.3) is 22.3 Å². The molecule has 9 heteroatoms. The second kappa shape index (κ2) is 10.3. The Labute approximate surface area is 210 Å². The quantitative estimate of drug-likeness (QED) is 0.194. The van der Waals surface area contributed by atoms with Crippen LogP contribution in [0.15, 0.2) is 87.3 Å². The van der Waals surface area contributed by atoms with Gasteiger partial charge in [-0.25, -0.2) is 4.98 Å². The van der Waals surface area contributed by atoms with Crippen LogP contribution in [0.5, 0.6) is 5.75 Å². The molecule has 0 radical (unpaired) electrons. The molecule has 2 aromatic heterocycles. The van der Waals surface area contributed by atoms with Crippen LogP contribution < -0.4 is 10.3 Å². The number of nitrogens with zero attached hydrogens (tertiary/aromatic N) is 4. The highest BCUT2D eigenvalue weighted by atomic mass is 35.5. The lowest BCUT2D eigenvalue weighted by atomic mass is 10.2. The van der Waals surface area contributed by atoms with E-state index in [-0.39, 0.29) is 5.56 Å². The number of rotatable bonds is 8. The molecule has 3 aromatic carbocycles. The van der Waals surface area contributed by atoms with Gasteiger partial charge in [-0.1, -0.05) is 52.8 Å². The molecule has 0 bridgehead atoms. The molecule has 0 aliphatic rings. The highest BCUT2D eigenvalue weighted by molar-refractivity contribution is 7.98. The molecule has 0 unspecified atom stereocenters. The summed E-state index contributed by atoms with van der Waals surface area (Å²) < 4.78 is 12.6. The first-order valence-corrected chi connectivity index (χ1v) is 12.4. The number of aromatic nitrogens is 4. The lowest BCUT2D eigenvalue weighted by molar-refractivity contribution is 0.340. The Morgan fingerprint density at radius 3 is 2.54 bits per heavy atom. The molecular weight excluding hydrogens is 484 g/mol. The van der Waals surface area contributed by atoms with Gasteiger partial charge < -0.3 is 9.26 Å². The van der Waals surface area contributed by atoms with E-state index in [1.807, 2.05) is 73.7 Å². The van der Waals surface area contributed by atoms with Crippen molar-refractivity contribution in [2.75, 3.05) is 6.61 Å². The summed E-state index contributed by atoms with van der Waals surface area (Å²) in [6.07, 6.45) is 0. The first-order chi connectivity index (χ1) is 17.1. The number of ether oxygens (including phenoxy) is 1. The maximum absolute atomic E-state index is 13.3. The fourth-order valence-corrected chi connectivity index (χ4v) is 4.56. The first-order valence-electron chi connectivity index (χ1n) is 11.0. The van der Waals surface area contributed by atoms with Crippen molar-refractivity contribution < 1.29 is 9.26 Å². The van der Waals surface area contributed by atoms with E-state index in [1.54, 1.807) is 10.6 Å². The predicted molar refractivity (Wildman–Crippen MR) is 137 cm³/mol. The molecular formula is C26H21ClN4O3S. The molecule has 5 aromatic rings. The Hall–Kier alpha value is -3.62. The molecule has 0 spiro atoms. The van der Waals surface area contributed by atoms with E-state index in [1.165, 1.54) is 11.8 Å². The van der Waals surface area contributed by atoms with Crippen molar-refractivity contribution in [2.45, 2.75) is 24.4 Å². The lowest BCUT2D eigenvalue weighted by Gasteiger charge is -2.13. The van der Waals surface area contributed by atoms with Crippen molar-refractivity contribution in [3.63, 3.8) is 0 Å². The highest BCUT2D eigenvalue weighted by Crippen LogP contribution is 2.25. The molecule has 0 atom stereocenters. The maximum Gasteiger partial charge on any atom is 0.262 e. The average molecular weight is 505 g/mol. The molecule has 176 valence electrons. The van der Waals surface area contributed by atoms with Crippen molar-refractivity contribution in [1.82, 2.24) is 19.7 Å². The standard InChI is InChI=1S/C26H21ClN4O3S/c1-2-33-20-13-9-18(10-14-20)24-29-23(34-30-24)16-35-26-28-22-6-4-3-5-21(22)25(32)31(26)15-17-7-11-19(27)12-8-17/h3-14H,2,15-16H2,1H3. The second-order valence-electron chi connectivity index (χ2n) is 7.69. The van der Waals surface area contributed by atoms with E-state index >= 15 is 0 Å². The predicted octanol–water partition coefficient (Wildman–Crippen LogP) is 5.84. The number of hydrogen-bond acceptors (Lipinski definition) is 7. The van der Waals surface area contributed by atoms with Gasteiger partial charge in [0.2, 0.25) is 11.7 Å². The minimum atomic E-state index is -0.103. The van der Waals surface area contributed by atoms with Crippen molar-refractivity contribution in [2.24, 2.45) is 0 Å². The summed E-state index contributed by atoms with van der Waals surface area (Å²) in [5.41, 5.74) is 2.32. The van der Waals surface area contributed by atoms with E-state index in [4.69, 9.17) is 25.8 Å². The van der Waals surface area contributed by atoms with Gasteiger partial charge in [-0.05, 0) is 61.0 Å². The molecule has 0 amide bonds. The first kappa shape index (κ1) is 23.1. The third-order valence-electron chi connectivity index (χ3n) is 5.30. The van der Waals surface area contributed by atoms with Gasteiger partial charge in [0, 0.05) is 10.6 Å². The Kier molecular flexibility index (Phi) is 6.83. The zero-order chi connectivity index (χ0) is 24.2. The molecule has 7 nitrogen and oxygen atoms in total. The van der Waals surface area contributed by atoms with Crippen molar-refractivity contribution in [3.05, 3.63) is 99.6 Å². The fourth-order valence-electron chi connectivity index (χ4n) is 3.59. The Balaban J connectivity index is 1.40. The number of benzene rings is 3. The number of para-hydroxylation sites is 1. The van der Waals surface area contributed by atoms with Crippen molar-refractivity contribution in [1.29, 1.82) is 0 Å². The number of hydrogen-bond donors (Lipinski definition) is 0. The monoisotopic (exact) mass is 504 g/mol. The van der Waals surface area contributed by atoms with Crippen LogP contribution in [-0.2, 0) is 12.3 Å². The molecule has 0 saturated carbocycles. The largest absolute Gasteiger partial charge is 0.494 e. The summed E-state index contributed by atoms with van der Waals surface area (Å²) in [5.74, 6) is 2.10. The summed E-state index contributed by atoms with van der Waals surface area (Å²) in [6, 6.07) is 22.3. The van der Waals surface area contributed by atoms with E-state index in [2.05, 4.69) is 10.1 Å². The van der Waals surface area contributed by atoms with Gasteiger partial charge in [0.15, 0.2) is 5.16 Å². The molecule has 0 N–H and O–H groups in total. The van der Waals surface area contributed by atoms with Crippen molar-refractivity contribution in [3.8, 4) is 17.1 Å². The Morgan fingerprint density at radius 1 is 1.00 bits per heavy atom. The minimum Gasteiger partial charge on any atom is -0.494 e. The van der Waals surface area contributed by atoms with Crippen LogP contribution in [0, 0.1) is 0 Å². The van der Waals surface area contributed by atoms with Crippen LogP contribution in [0.1, 0.15) is 18.4 Å². The highest BCUT2D eigenvalue weighted by Gasteiger charge is 2.15. The lowest BCUT2D eigenvalue weighted by Crippen LogP contribution is -2.24. The molecule has 2 heterocycles. The van der Waals surface area contributed by atoms with E-state index in [9.17, 15) is 4.79 Å². The van der Waals surface area contributed by atoms with Gasteiger partial charge in [0.1, 0.15) is 5.75 Å². The van der Waals surface area contributed by atoms with Crippen LogP contribution in [0.2, 0.25) is 5.02 Å². The minimum absolute atomic E-state index is 0.103. The average Bonchev–Trinajstić information content (AvgIpc) is 3.36. The molecule has 0 fully saturated rings. The zero-order valence-electron chi connectivity index (χ0n) is 18.8. The zero-order valence-corrected chi connectivity index (χ0v) is 20.4. The number of fused-ring (bicyclic) bond motifs is 1. The van der Waals surface area contributed by atoms with E-state index in [0.717, 1.165) is 16.9 Å². The topological polar surface area (TPSA) is 83.0 Å². The normalized spacial score (nSPS) is 11.1. The summed E-state index contributed by atoms with van der Waals surface area (Å²) in [4.78, 5) is 22.6. The molecule has 0 aliphatic heterocycles. The SMILES string of the molecule is CCOc1ccc(-c2noc(CSc3nc4ccccc4c(=O)n3Cc3ccc(Cl)cc3)n2)cc1. The Morgan fingerprint density at radius 2 is 1.77 bits per heavy atom. The third kappa shape index (κ3) is 5.23. The van der Waals surface area contributed by atoms with Gasteiger partial charge >= 0.3 is 0 Å². The van der Waals surface area contributed by atoms with Gasteiger partial charge in [-0.15, -0.1) is 0 Å².